The number of aromatic nitrogens is 1. The van der Waals surface area contributed by atoms with Gasteiger partial charge in [-0.25, -0.2) is 4.57 Å². The monoisotopic (exact) mass is 422 g/mol. The van der Waals surface area contributed by atoms with E-state index in [1.165, 1.54) is 38.2 Å². The Balaban J connectivity index is 1.93. The number of pyridine rings is 1. The van der Waals surface area contributed by atoms with Crippen LogP contribution in [0.5, 0.6) is 0 Å². The third kappa shape index (κ3) is 3.30. The fourth-order valence-electron chi connectivity index (χ4n) is 4.41. The molecule has 0 saturated heterocycles. The normalized spacial score (nSPS) is 12.0. The minimum absolute atomic E-state index is 0.974. The lowest BCUT2D eigenvalue weighted by Gasteiger charge is -2.18. The number of fused-ring (bicyclic) bond motifs is 3. The molecular formula is C28H28NOSi+. The van der Waals surface area contributed by atoms with E-state index >= 15 is 0 Å². The van der Waals surface area contributed by atoms with Crippen LogP contribution < -0.4 is 9.75 Å². The first-order valence-corrected chi connectivity index (χ1v) is 14.4. The fraction of sp³-hybridized carbons (Fsp3) is 0.179. The predicted octanol–water partition coefficient (Wildman–Crippen LogP) is 6.60. The van der Waals surface area contributed by atoms with Gasteiger partial charge in [0.05, 0.1) is 13.6 Å². The molecule has 154 valence electrons. The molecule has 0 aliphatic rings. The zero-order valence-electron chi connectivity index (χ0n) is 18.9. The predicted molar refractivity (Wildman–Crippen MR) is 133 cm³/mol. The minimum atomic E-state index is -1.52. The fourth-order valence-corrected chi connectivity index (χ4v) is 5.56. The Hall–Kier alpha value is -3.17. The second-order valence-electron chi connectivity index (χ2n) is 9.45. The van der Waals surface area contributed by atoms with Crippen molar-refractivity contribution in [3.8, 4) is 22.4 Å². The smallest absolute Gasteiger partial charge is 0.216 e. The van der Waals surface area contributed by atoms with Crippen molar-refractivity contribution < 1.29 is 8.98 Å². The summed E-state index contributed by atoms with van der Waals surface area (Å²) in [7, 11) is 0.574. The van der Waals surface area contributed by atoms with Gasteiger partial charge in [-0.3, -0.25) is 0 Å². The number of aryl methyl sites for hydroxylation is 2. The lowest BCUT2D eigenvalue weighted by molar-refractivity contribution is -0.660. The number of hydrogen-bond acceptors (Lipinski definition) is 1. The maximum atomic E-state index is 6.73. The molecule has 0 aliphatic heterocycles. The SMILES string of the molecule is Cc1ccc2c(oc3c(-c4ccccc4)cc([Si](C)(C)C)cc32)c1-c1cccc[n+]1C. The van der Waals surface area contributed by atoms with Crippen molar-refractivity contribution in [2.24, 2.45) is 7.05 Å². The lowest BCUT2D eigenvalue weighted by atomic mass is 9.99. The summed E-state index contributed by atoms with van der Waals surface area (Å²) in [5, 5.41) is 3.86. The molecule has 3 heteroatoms. The van der Waals surface area contributed by atoms with Crippen LogP contribution in [-0.4, -0.2) is 8.07 Å². The maximum Gasteiger partial charge on any atom is 0.216 e. The van der Waals surface area contributed by atoms with Crippen LogP contribution in [0.3, 0.4) is 0 Å². The average molecular weight is 423 g/mol. The van der Waals surface area contributed by atoms with Gasteiger partial charge in [0.2, 0.25) is 5.69 Å². The summed E-state index contributed by atoms with van der Waals surface area (Å²) in [5.74, 6) is 0. The van der Waals surface area contributed by atoms with Gasteiger partial charge in [0, 0.05) is 28.5 Å². The highest BCUT2D eigenvalue weighted by molar-refractivity contribution is 6.89. The summed E-state index contributed by atoms with van der Waals surface area (Å²) in [5.41, 5.74) is 7.90. The Bertz CT molecular complexity index is 1420. The van der Waals surface area contributed by atoms with Gasteiger partial charge in [-0.15, -0.1) is 0 Å². The molecule has 5 aromatic rings. The van der Waals surface area contributed by atoms with Crippen LogP contribution in [0, 0.1) is 6.92 Å². The molecule has 0 fully saturated rings. The summed E-state index contributed by atoms with van der Waals surface area (Å²) in [4.78, 5) is 0. The largest absolute Gasteiger partial charge is 0.454 e. The molecule has 0 bridgehead atoms. The summed E-state index contributed by atoms with van der Waals surface area (Å²) in [6.45, 7) is 9.39. The highest BCUT2D eigenvalue weighted by Crippen LogP contribution is 2.40. The Morgan fingerprint density at radius 3 is 2.23 bits per heavy atom. The second kappa shape index (κ2) is 7.21. The highest BCUT2D eigenvalue weighted by Gasteiger charge is 2.24. The van der Waals surface area contributed by atoms with E-state index in [0.717, 1.165) is 16.9 Å². The van der Waals surface area contributed by atoms with Gasteiger partial charge in [-0.1, -0.05) is 79.4 Å². The number of furan rings is 1. The third-order valence-electron chi connectivity index (χ3n) is 6.21. The van der Waals surface area contributed by atoms with Crippen LogP contribution in [0.4, 0.5) is 0 Å². The van der Waals surface area contributed by atoms with Crippen molar-refractivity contribution in [2.45, 2.75) is 26.6 Å². The molecule has 3 aromatic carbocycles. The average Bonchev–Trinajstić information content (AvgIpc) is 3.12. The van der Waals surface area contributed by atoms with Gasteiger partial charge in [0.15, 0.2) is 6.20 Å². The van der Waals surface area contributed by atoms with Gasteiger partial charge in [-0.2, -0.15) is 0 Å². The molecule has 0 radical (unpaired) electrons. The Kier molecular flexibility index (Phi) is 4.60. The van der Waals surface area contributed by atoms with Crippen molar-refractivity contribution in [1.29, 1.82) is 0 Å². The molecule has 2 nitrogen and oxygen atoms in total. The first-order chi connectivity index (χ1) is 14.8. The molecule has 0 atom stereocenters. The zero-order chi connectivity index (χ0) is 21.8. The number of hydrogen-bond donors (Lipinski definition) is 0. The van der Waals surface area contributed by atoms with Crippen molar-refractivity contribution in [3.05, 3.63) is 84.6 Å². The van der Waals surface area contributed by atoms with Crippen molar-refractivity contribution in [1.82, 2.24) is 0 Å². The van der Waals surface area contributed by atoms with E-state index in [0.29, 0.717) is 0 Å². The van der Waals surface area contributed by atoms with E-state index in [2.05, 4.69) is 117 Å². The molecule has 0 aliphatic carbocycles. The van der Waals surface area contributed by atoms with E-state index in [9.17, 15) is 0 Å². The van der Waals surface area contributed by atoms with Crippen molar-refractivity contribution in [3.63, 3.8) is 0 Å². The molecule has 0 N–H and O–H groups in total. The summed E-state index contributed by atoms with van der Waals surface area (Å²) in [6, 6.07) is 26.1. The van der Waals surface area contributed by atoms with E-state index in [1.807, 2.05) is 0 Å². The van der Waals surface area contributed by atoms with Crippen molar-refractivity contribution >= 4 is 35.2 Å². The first kappa shape index (κ1) is 19.8. The summed E-state index contributed by atoms with van der Waals surface area (Å²) in [6.07, 6.45) is 2.09. The van der Waals surface area contributed by atoms with Crippen LogP contribution in [0.25, 0.3) is 44.3 Å². The number of rotatable bonds is 3. The quantitative estimate of drug-likeness (QED) is 0.236. The van der Waals surface area contributed by atoms with E-state index in [4.69, 9.17) is 4.42 Å². The van der Waals surface area contributed by atoms with Crippen LogP contribution in [0.2, 0.25) is 19.6 Å². The van der Waals surface area contributed by atoms with Gasteiger partial charge in [0.1, 0.15) is 18.2 Å². The standard InChI is InChI=1S/C28H28NOSi/c1-19-14-15-22-24-18-21(31(3,4)5)17-23(20-11-7-6-8-12-20)27(24)30-28(22)26(19)25-13-9-10-16-29(25)2/h6-18H,1-5H3/q+1. The van der Waals surface area contributed by atoms with E-state index < -0.39 is 8.07 Å². The Labute approximate surface area is 184 Å². The van der Waals surface area contributed by atoms with Gasteiger partial charge < -0.3 is 4.42 Å². The van der Waals surface area contributed by atoms with E-state index in [-0.39, 0.29) is 0 Å². The lowest BCUT2D eigenvalue weighted by Crippen LogP contribution is -2.37. The molecule has 2 aromatic heterocycles. The van der Waals surface area contributed by atoms with Crippen LogP contribution in [0.15, 0.2) is 83.4 Å². The number of nitrogens with zero attached hydrogens (tertiary/aromatic N) is 1. The molecule has 0 spiro atoms. The molecule has 0 unspecified atom stereocenters. The maximum absolute atomic E-state index is 6.73. The third-order valence-corrected chi connectivity index (χ3v) is 8.23. The van der Waals surface area contributed by atoms with Gasteiger partial charge in [0.25, 0.3) is 0 Å². The molecular weight excluding hydrogens is 394 g/mol. The van der Waals surface area contributed by atoms with Crippen molar-refractivity contribution in [2.75, 3.05) is 0 Å². The van der Waals surface area contributed by atoms with E-state index in [1.54, 1.807) is 0 Å². The Morgan fingerprint density at radius 2 is 1.52 bits per heavy atom. The summed E-state index contributed by atoms with van der Waals surface area (Å²) < 4.78 is 8.90. The van der Waals surface area contributed by atoms with Gasteiger partial charge in [-0.05, 0) is 24.1 Å². The Morgan fingerprint density at radius 1 is 0.774 bits per heavy atom. The second-order valence-corrected chi connectivity index (χ2v) is 14.5. The zero-order valence-corrected chi connectivity index (χ0v) is 19.9. The van der Waals surface area contributed by atoms with Crippen LogP contribution in [-0.2, 0) is 7.05 Å². The molecule has 0 saturated carbocycles. The first-order valence-electron chi connectivity index (χ1n) is 10.9. The van der Waals surface area contributed by atoms with Crippen LogP contribution >= 0.6 is 0 Å². The molecule has 31 heavy (non-hydrogen) atoms. The highest BCUT2D eigenvalue weighted by atomic mass is 28.3. The topological polar surface area (TPSA) is 17.0 Å². The van der Waals surface area contributed by atoms with Gasteiger partial charge >= 0.3 is 0 Å². The summed E-state index contributed by atoms with van der Waals surface area (Å²) >= 11 is 0. The minimum Gasteiger partial charge on any atom is -0.454 e. The number of benzene rings is 3. The van der Waals surface area contributed by atoms with Crippen LogP contribution in [0.1, 0.15) is 5.56 Å². The molecule has 2 heterocycles. The molecule has 0 amide bonds. The molecule has 5 rings (SSSR count).